The van der Waals surface area contributed by atoms with Gasteiger partial charge in [-0.15, -0.1) is 0 Å². The number of piperidine rings is 1. The molecule has 0 unspecified atom stereocenters. The first-order chi connectivity index (χ1) is 15.5. The number of hydrogen-bond donors (Lipinski definition) is 3. The van der Waals surface area contributed by atoms with Crippen LogP contribution >= 0.6 is 11.6 Å². The third-order valence-corrected chi connectivity index (χ3v) is 6.55. The van der Waals surface area contributed by atoms with Crippen molar-refractivity contribution in [2.24, 2.45) is 0 Å². The molecule has 5 rings (SSSR count). The zero-order chi connectivity index (χ0) is 22.2. The van der Waals surface area contributed by atoms with Crippen LogP contribution in [-0.2, 0) is 4.74 Å². The quantitative estimate of drug-likeness (QED) is 0.421. The monoisotopic (exact) mass is 452 g/mol. The molecule has 0 radical (unpaired) electrons. The number of amides is 1. The lowest BCUT2D eigenvalue weighted by Gasteiger charge is -2.31. The van der Waals surface area contributed by atoms with Crippen molar-refractivity contribution in [1.82, 2.24) is 25.5 Å². The number of halogens is 1. The Bertz CT molecular complexity index is 1260. The SMILES string of the molecule is COC1CCN(c2n[nH]c3c(Cl)c4[nH]c(C(=O)N[C@H](C)c5ccccc5)nc4cc23)CC1. The molecule has 3 heterocycles. The molecule has 1 saturated heterocycles. The molecule has 1 aliphatic rings. The van der Waals surface area contributed by atoms with Crippen molar-refractivity contribution >= 4 is 45.3 Å². The number of carbonyl (C=O) groups excluding carboxylic acids is 1. The maximum atomic E-state index is 12.8. The molecule has 1 aliphatic heterocycles. The molecular formula is C23H25ClN6O2. The molecule has 1 fully saturated rings. The molecule has 9 heteroatoms. The maximum absolute atomic E-state index is 12.8. The lowest BCUT2D eigenvalue weighted by Crippen LogP contribution is -2.36. The number of rotatable bonds is 5. The van der Waals surface area contributed by atoms with E-state index in [9.17, 15) is 4.79 Å². The van der Waals surface area contributed by atoms with Gasteiger partial charge in [-0.1, -0.05) is 41.9 Å². The Balaban J connectivity index is 1.44. The average molecular weight is 453 g/mol. The van der Waals surface area contributed by atoms with Crippen molar-refractivity contribution < 1.29 is 9.53 Å². The predicted octanol–water partition coefficient (Wildman–Crippen LogP) is 4.20. The van der Waals surface area contributed by atoms with Gasteiger partial charge in [-0.3, -0.25) is 9.89 Å². The highest BCUT2D eigenvalue weighted by Gasteiger charge is 2.24. The largest absolute Gasteiger partial charge is 0.381 e. The summed E-state index contributed by atoms with van der Waals surface area (Å²) in [4.78, 5) is 22.7. The number of fused-ring (bicyclic) bond motifs is 2. The summed E-state index contributed by atoms with van der Waals surface area (Å²) in [6.45, 7) is 3.66. The molecule has 0 saturated carbocycles. The molecule has 0 bridgehead atoms. The normalized spacial score (nSPS) is 16.0. The number of ether oxygens (including phenoxy) is 1. The molecule has 3 N–H and O–H groups in total. The summed E-state index contributed by atoms with van der Waals surface area (Å²) in [7, 11) is 1.76. The zero-order valence-electron chi connectivity index (χ0n) is 18.0. The summed E-state index contributed by atoms with van der Waals surface area (Å²) in [6.07, 6.45) is 2.19. The number of carbonyl (C=O) groups is 1. The van der Waals surface area contributed by atoms with Crippen LogP contribution in [0.3, 0.4) is 0 Å². The van der Waals surface area contributed by atoms with Crippen LogP contribution in [0.15, 0.2) is 36.4 Å². The van der Waals surface area contributed by atoms with Crippen LogP contribution < -0.4 is 10.2 Å². The molecule has 0 spiro atoms. The van der Waals surface area contributed by atoms with Crippen LogP contribution in [0, 0.1) is 0 Å². The topological polar surface area (TPSA) is 98.9 Å². The minimum atomic E-state index is -0.280. The molecular weight excluding hydrogens is 428 g/mol. The van der Waals surface area contributed by atoms with Gasteiger partial charge in [0.2, 0.25) is 0 Å². The van der Waals surface area contributed by atoms with Gasteiger partial charge in [0.25, 0.3) is 5.91 Å². The number of H-pyrrole nitrogens is 2. The number of aromatic nitrogens is 4. The van der Waals surface area contributed by atoms with E-state index in [4.69, 9.17) is 16.3 Å². The molecule has 4 aromatic rings. The van der Waals surface area contributed by atoms with E-state index in [-0.39, 0.29) is 23.9 Å². The minimum Gasteiger partial charge on any atom is -0.381 e. The second kappa shape index (κ2) is 8.44. The first kappa shape index (κ1) is 20.8. The summed E-state index contributed by atoms with van der Waals surface area (Å²) < 4.78 is 5.47. The van der Waals surface area contributed by atoms with Gasteiger partial charge in [0.05, 0.1) is 33.7 Å². The first-order valence-corrected chi connectivity index (χ1v) is 11.1. The summed E-state index contributed by atoms with van der Waals surface area (Å²) >= 11 is 6.68. The predicted molar refractivity (Wildman–Crippen MR) is 125 cm³/mol. The van der Waals surface area contributed by atoms with Crippen molar-refractivity contribution in [3.63, 3.8) is 0 Å². The van der Waals surface area contributed by atoms with Gasteiger partial charge >= 0.3 is 0 Å². The number of anilines is 1. The van der Waals surface area contributed by atoms with Crippen molar-refractivity contribution in [1.29, 1.82) is 0 Å². The number of aromatic amines is 2. The second-order valence-corrected chi connectivity index (χ2v) is 8.55. The number of nitrogens with one attached hydrogen (secondary N) is 3. The fraction of sp³-hybridized carbons (Fsp3) is 0.348. The third-order valence-electron chi connectivity index (χ3n) is 6.17. The fourth-order valence-corrected chi connectivity index (χ4v) is 4.60. The van der Waals surface area contributed by atoms with Crippen LogP contribution in [0.25, 0.3) is 21.9 Å². The van der Waals surface area contributed by atoms with Crippen molar-refractivity contribution in [2.75, 3.05) is 25.1 Å². The van der Waals surface area contributed by atoms with E-state index < -0.39 is 0 Å². The van der Waals surface area contributed by atoms with Gasteiger partial charge in [0.15, 0.2) is 11.6 Å². The number of imidazole rings is 1. The third kappa shape index (κ3) is 3.69. The van der Waals surface area contributed by atoms with Crippen molar-refractivity contribution in [3.05, 3.63) is 52.8 Å². The molecule has 2 aromatic heterocycles. The van der Waals surface area contributed by atoms with Crippen molar-refractivity contribution in [3.8, 4) is 0 Å². The van der Waals surface area contributed by atoms with Crippen LogP contribution in [0.1, 0.15) is 42.0 Å². The smallest absolute Gasteiger partial charge is 0.287 e. The van der Waals surface area contributed by atoms with Gasteiger partial charge in [0, 0.05) is 25.6 Å². The number of nitrogens with zero attached hydrogens (tertiary/aromatic N) is 3. The highest BCUT2D eigenvalue weighted by Crippen LogP contribution is 2.35. The van der Waals surface area contributed by atoms with Gasteiger partial charge < -0.3 is 19.9 Å². The Labute approximate surface area is 190 Å². The lowest BCUT2D eigenvalue weighted by molar-refractivity contribution is 0.0818. The Morgan fingerprint density at radius 2 is 2.00 bits per heavy atom. The standard InChI is InChI=1S/C23H25ClN6O2/c1-13(14-6-4-3-5-7-14)25-23(31)21-26-17-12-16-19(18(24)20(17)27-21)28-29-22(16)30-10-8-15(32-2)9-11-30/h3-7,12-13,15H,8-11H2,1-2H3,(H,25,31)(H,26,27)(H,28,29)/t13-/m1/s1. The van der Waals surface area contributed by atoms with Crippen molar-refractivity contribution in [2.45, 2.75) is 31.9 Å². The lowest BCUT2D eigenvalue weighted by atomic mass is 10.1. The van der Waals surface area contributed by atoms with Crippen LogP contribution in [0.2, 0.25) is 5.02 Å². The number of benzene rings is 2. The second-order valence-electron chi connectivity index (χ2n) is 8.17. The van der Waals surface area contributed by atoms with E-state index in [0.717, 1.165) is 48.2 Å². The molecule has 0 aliphatic carbocycles. The van der Waals surface area contributed by atoms with Gasteiger partial charge in [-0.2, -0.15) is 5.10 Å². The zero-order valence-corrected chi connectivity index (χ0v) is 18.7. The molecule has 8 nitrogen and oxygen atoms in total. The minimum absolute atomic E-state index is 0.146. The van der Waals surface area contributed by atoms with Gasteiger partial charge in [-0.25, -0.2) is 4.98 Å². The van der Waals surface area contributed by atoms with Crippen LogP contribution in [0.5, 0.6) is 0 Å². The fourth-order valence-electron chi connectivity index (χ4n) is 4.31. The molecule has 166 valence electrons. The summed E-state index contributed by atoms with van der Waals surface area (Å²) in [5, 5.41) is 11.9. The Morgan fingerprint density at radius 1 is 1.25 bits per heavy atom. The van der Waals surface area contributed by atoms with E-state index in [2.05, 4.69) is 30.4 Å². The highest BCUT2D eigenvalue weighted by atomic mass is 35.5. The average Bonchev–Trinajstić information content (AvgIpc) is 3.45. The Morgan fingerprint density at radius 3 is 2.72 bits per heavy atom. The highest BCUT2D eigenvalue weighted by molar-refractivity contribution is 6.40. The summed E-state index contributed by atoms with van der Waals surface area (Å²) in [5.74, 6) is 0.801. The van der Waals surface area contributed by atoms with E-state index in [1.165, 1.54) is 0 Å². The van der Waals surface area contributed by atoms with Crippen LogP contribution in [-0.4, -0.2) is 52.4 Å². The molecule has 2 aromatic carbocycles. The molecule has 1 amide bonds. The van der Waals surface area contributed by atoms with E-state index in [0.29, 0.717) is 16.1 Å². The van der Waals surface area contributed by atoms with E-state index in [1.807, 2.05) is 43.3 Å². The number of hydrogen-bond acceptors (Lipinski definition) is 5. The summed E-state index contributed by atoms with van der Waals surface area (Å²) in [5.41, 5.74) is 3.01. The Kier molecular flexibility index (Phi) is 5.48. The van der Waals surface area contributed by atoms with Gasteiger partial charge in [0.1, 0.15) is 0 Å². The summed E-state index contributed by atoms with van der Waals surface area (Å²) in [6, 6.07) is 11.6. The van der Waals surface area contributed by atoms with E-state index in [1.54, 1.807) is 7.11 Å². The first-order valence-electron chi connectivity index (χ1n) is 10.7. The Hall–Kier alpha value is -3.10. The number of methoxy groups -OCH3 is 1. The maximum Gasteiger partial charge on any atom is 0.287 e. The van der Waals surface area contributed by atoms with Gasteiger partial charge in [-0.05, 0) is 31.4 Å². The van der Waals surface area contributed by atoms with Crippen LogP contribution in [0.4, 0.5) is 5.82 Å². The molecule has 1 atom stereocenters. The molecule has 32 heavy (non-hydrogen) atoms. The van der Waals surface area contributed by atoms with E-state index >= 15 is 0 Å².